The highest BCUT2D eigenvalue weighted by atomic mass is 19.1. The van der Waals surface area contributed by atoms with Gasteiger partial charge in [0.15, 0.2) is 5.65 Å². The Bertz CT molecular complexity index is 972. The molecule has 2 atom stereocenters. The predicted molar refractivity (Wildman–Crippen MR) is 92.8 cm³/mol. The molecule has 0 bridgehead atoms. The van der Waals surface area contributed by atoms with Gasteiger partial charge in [0.2, 0.25) is 11.8 Å². The number of nitrogens with zero attached hydrogens (tertiary/aromatic N) is 5. The van der Waals surface area contributed by atoms with Crippen LogP contribution in [0.15, 0.2) is 18.5 Å². The molecule has 0 amide bonds. The van der Waals surface area contributed by atoms with Gasteiger partial charge < -0.3 is 9.47 Å². The maximum Gasteiger partial charge on any atom is 0.319 e. The van der Waals surface area contributed by atoms with E-state index in [-0.39, 0.29) is 6.01 Å². The average molecular weight is 357 g/mol. The number of hydrogen-bond donors (Lipinski definition) is 0. The van der Waals surface area contributed by atoms with Gasteiger partial charge in [-0.2, -0.15) is 19.0 Å². The van der Waals surface area contributed by atoms with Gasteiger partial charge in [-0.1, -0.05) is 13.8 Å². The van der Waals surface area contributed by atoms with Crippen LogP contribution in [0.3, 0.4) is 0 Å². The largest absolute Gasteiger partial charge is 0.480 e. The minimum Gasteiger partial charge on any atom is -0.480 e. The molecule has 0 unspecified atom stereocenters. The van der Waals surface area contributed by atoms with Crippen molar-refractivity contribution in [1.29, 1.82) is 0 Å². The van der Waals surface area contributed by atoms with Crippen LogP contribution in [0.4, 0.5) is 4.39 Å². The van der Waals surface area contributed by atoms with E-state index in [0.29, 0.717) is 40.5 Å². The molecule has 0 aliphatic heterocycles. The van der Waals surface area contributed by atoms with Crippen LogP contribution in [-0.2, 0) is 0 Å². The molecule has 1 fully saturated rings. The molecule has 3 aromatic rings. The Morgan fingerprint density at radius 2 is 2.00 bits per heavy atom. The Balaban J connectivity index is 1.88. The van der Waals surface area contributed by atoms with E-state index in [4.69, 9.17) is 9.47 Å². The van der Waals surface area contributed by atoms with E-state index in [1.54, 1.807) is 6.20 Å². The summed E-state index contributed by atoms with van der Waals surface area (Å²) in [6.45, 7) is 4.41. The van der Waals surface area contributed by atoms with Gasteiger partial charge in [0.05, 0.1) is 31.7 Å². The second-order valence-electron chi connectivity index (χ2n) is 6.83. The maximum atomic E-state index is 14.2. The number of fused-ring (bicyclic) bond motifs is 1. The highest BCUT2D eigenvalue weighted by molar-refractivity contribution is 5.67. The lowest BCUT2D eigenvalue weighted by molar-refractivity contribution is 0.353. The molecule has 0 N–H and O–H groups in total. The van der Waals surface area contributed by atoms with Crippen LogP contribution in [0.1, 0.15) is 31.7 Å². The monoisotopic (exact) mass is 357 g/mol. The number of methoxy groups -OCH3 is 2. The van der Waals surface area contributed by atoms with Crippen molar-refractivity contribution in [3.63, 3.8) is 0 Å². The third-order valence-corrected chi connectivity index (χ3v) is 4.93. The number of rotatable bonds is 5. The highest BCUT2D eigenvalue weighted by Crippen LogP contribution is 2.53. The first kappa shape index (κ1) is 16.7. The molecular weight excluding hydrogens is 337 g/mol. The Kier molecular flexibility index (Phi) is 3.97. The van der Waals surface area contributed by atoms with Gasteiger partial charge >= 0.3 is 6.01 Å². The molecule has 3 heterocycles. The molecule has 1 saturated carbocycles. The normalized spacial score (nSPS) is 19.2. The molecule has 1 aliphatic carbocycles. The standard InChI is InChI=1S/C18H20FN5O2/c1-9(2)10-5-11(10)12-6-14(23-24-15(19)8-20-16(12)24)13-7-21-18(26-4)22-17(13)25-3/h6-11H,5H2,1-4H3/t10-,11+/m1/s1. The average Bonchev–Trinajstić information content (AvgIpc) is 3.38. The molecule has 0 spiro atoms. The summed E-state index contributed by atoms with van der Waals surface area (Å²) >= 11 is 0. The maximum absolute atomic E-state index is 14.2. The molecule has 0 saturated heterocycles. The smallest absolute Gasteiger partial charge is 0.319 e. The molecule has 3 aromatic heterocycles. The van der Waals surface area contributed by atoms with Crippen molar-refractivity contribution in [2.75, 3.05) is 14.2 Å². The number of imidazole rings is 1. The van der Waals surface area contributed by atoms with E-state index in [2.05, 4.69) is 33.9 Å². The van der Waals surface area contributed by atoms with Crippen LogP contribution in [0, 0.1) is 17.8 Å². The zero-order chi connectivity index (χ0) is 18.4. The fraction of sp³-hybridized carbons (Fsp3) is 0.444. The summed E-state index contributed by atoms with van der Waals surface area (Å²) in [5, 5.41) is 4.39. The van der Waals surface area contributed by atoms with Crippen LogP contribution in [-0.4, -0.2) is 38.8 Å². The van der Waals surface area contributed by atoms with Gasteiger partial charge in [-0.3, -0.25) is 0 Å². The van der Waals surface area contributed by atoms with Crippen LogP contribution in [0.25, 0.3) is 16.9 Å². The Hall–Kier alpha value is -2.77. The van der Waals surface area contributed by atoms with E-state index >= 15 is 0 Å². The summed E-state index contributed by atoms with van der Waals surface area (Å²) in [4.78, 5) is 12.5. The first-order valence-electron chi connectivity index (χ1n) is 8.53. The molecule has 0 aromatic carbocycles. The summed E-state index contributed by atoms with van der Waals surface area (Å²) in [5.41, 5.74) is 2.67. The van der Waals surface area contributed by atoms with Gasteiger partial charge in [-0.25, -0.2) is 9.97 Å². The number of aromatic nitrogens is 5. The fourth-order valence-electron chi connectivity index (χ4n) is 3.46. The van der Waals surface area contributed by atoms with E-state index in [1.807, 2.05) is 6.07 Å². The van der Waals surface area contributed by atoms with E-state index in [9.17, 15) is 4.39 Å². The molecule has 4 rings (SSSR count). The molecule has 8 heteroatoms. The summed E-state index contributed by atoms with van der Waals surface area (Å²) in [6, 6.07) is 2.14. The van der Waals surface area contributed by atoms with Crippen molar-refractivity contribution in [2.45, 2.75) is 26.2 Å². The molecule has 136 valence electrons. The first-order chi connectivity index (χ1) is 12.5. The van der Waals surface area contributed by atoms with Crippen molar-refractivity contribution in [1.82, 2.24) is 24.6 Å². The quantitative estimate of drug-likeness (QED) is 0.698. The minimum atomic E-state index is -0.502. The van der Waals surface area contributed by atoms with Crippen LogP contribution in [0.5, 0.6) is 11.9 Å². The Morgan fingerprint density at radius 3 is 2.65 bits per heavy atom. The molecule has 0 radical (unpaired) electrons. The topological polar surface area (TPSA) is 74.4 Å². The predicted octanol–water partition coefficient (Wildman–Crippen LogP) is 3.10. The molecular formula is C18H20FN5O2. The third-order valence-electron chi connectivity index (χ3n) is 4.93. The lowest BCUT2D eigenvalue weighted by Gasteiger charge is -2.11. The van der Waals surface area contributed by atoms with Gasteiger partial charge in [0.1, 0.15) is 0 Å². The zero-order valence-corrected chi connectivity index (χ0v) is 15.1. The SMILES string of the molecule is COc1ncc(-c2cc([C@H]3C[C@@H]3C(C)C)c3ncc(F)n3n2)c(OC)n1. The summed E-state index contributed by atoms with van der Waals surface area (Å²) in [6.07, 6.45) is 3.84. The highest BCUT2D eigenvalue weighted by Gasteiger charge is 2.42. The van der Waals surface area contributed by atoms with Crippen LogP contribution < -0.4 is 9.47 Å². The second-order valence-corrected chi connectivity index (χ2v) is 6.83. The summed E-state index contributed by atoms with van der Waals surface area (Å²) < 4.78 is 25.8. The lowest BCUT2D eigenvalue weighted by Crippen LogP contribution is -2.04. The van der Waals surface area contributed by atoms with Crippen LogP contribution in [0.2, 0.25) is 0 Å². The van der Waals surface area contributed by atoms with Crippen molar-refractivity contribution in [2.24, 2.45) is 11.8 Å². The van der Waals surface area contributed by atoms with Crippen LogP contribution >= 0.6 is 0 Å². The van der Waals surface area contributed by atoms with Gasteiger partial charge in [-0.05, 0) is 30.2 Å². The van der Waals surface area contributed by atoms with Crippen molar-refractivity contribution in [3.8, 4) is 23.1 Å². The van der Waals surface area contributed by atoms with Crippen molar-refractivity contribution >= 4 is 5.65 Å². The van der Waals surface area contributed by atoms with E-state index in [1.165, 1.54) is 24.9 Å². The molecule has 7 nitrogen and oxygen atoms in total. The van der Waals surface area contributed by atoms with Gasteiger partial charge in [-0.15, -0.1) is 0 Å². The van der Waals surface area contributed by atoms with Crippen molar-refractivity contribution in [3.05, 3.63) is 30.0 Å². The van der Waals surface area contributed by atoms with E-state index < -0.39 is 5.95 Å². The third kappa shape index (κ3) is 2.65. The van der Waals surface area contributed by atoms with Crippen molar-refractivity contribution < 1.29 is 13.9 Å². The molecule has 1 aliphatic rings. The second kappa shape index (κ2) is 6.19. The van der Waals surface area contributed by atoms with Gasteiger partial charge in [0.25, 0.3) is 0 Å². The minimum absolute atomic E-state index is 0.197. The number of ether oxygens (including phenoxy) is 2. The van der Waals surface area contributed by atoms with Gasteiger partial charge in [0, 0.05) is 11.8 Å². The lowest BCUT2D eigenvalue weighted by atomic mass is 10.0. The zero-order valence-electron chi connectivity index (χ0n) is 15.1. The number of hydrogen-bond acceptors (Lipinski definition) is 6. The number of halogens is 1. The Morgan fingerprint density at radius 1 is 1.19 bits per heavy atom. The van der Waals surface area contributed by atoms with E-state index in [0.717, 1.165) is 12.0 Å². The molecule has 26 heavy (non-hydrogen) atoms. The Labute approximate surface area is 150 Å². The summed E-state index contributed by atoms with van der Waals surface area (Å²) in [7, 11) is 3.00. The fourth-order valence-corrected chi connectivity index (χ4v) is 3.46. The first-order valence-corrected chi connectivity index (χ1v) is 8.53. The summed E-state index contributed by atoms with van der Waals surface area (Å²) in [5.74, 6) is 1.31.